The molecule has 0 bridgehead atoms. The molecule has 2 heterocycles. The number of hydrogen-bond acceptors (Lipinski definition) is 5. The highest BCUT2D eigenvalue weighted by Gasteiger charge is 2.17. The van der Waals surface area contributed by atoms with Gasteiger partial charge < -0.3 is 4.98 Å². The van der Waals surface area contributed by atoms with Crippen LogP contribution >= 0.6 is 11.8 Å². The van der Waals surface area contributed by atoms with Crippen LogP contribution in [0.5, 0.6) is 0 Å². The molecule has 0 amide bonds. The topological polar surface area (TPSA) is 96.4 Å². The minimum absolute atomic E-state index is 0.278. The summed E-state index contributed by atoms with van der Waals surface area (Å²) in [6.45, 7) is 4.08. The van der Waals surface area contributed by atoms with Crippen LogP contribution in [0.4, 0.5) is 0 Å². The van der Waals surface area contributed by atoms with Crippen molar-refractivity contribution in [3.63, 3.8) is 0 Å². The Balaban J connectivity index is 1.67. The van der Waals surface area contributed by atoms with Crippen LogP contribution in [0.1, 0.15) is 28.2 Å². The van der Waals surface area contributed by atoms with Crippen LogP contribution in [0.3, 0.4) is 0 Å². The van der Waals surface area contributed by atoms with Crippen LogP contribution in [0.25, 0.3) is 11.8 Å². The molecule has 2 aromatic carbocycles. The van der Waals surface area contributed by atoms with Crippen molar-refractivity contribution in [2.75, 3.05) is 5.75 Å². The normalized spacial score (nSPS) is 11.3. The summed E-state index contributed by atoms with van der Waals surface area (Å²) in [5.41, 5.74) is 3.83. The predicted octanol–water partition coefficient (Wildman–Crippen LogP) is 3.66. The van der Waals surface area contributed by atoms with Crippen molar-refractivity contribution in [3.05, 3.63) is 110 Å². The molecule has 32 heavy (non-hydrogen) atoms. The fraction of sp³-hybridized carbons (Fsp3) is 0.167. The van der Waals surface area contributed by atoms with Gasteiger partial charge in [0.1, 0.15) is 5.82 Å². The third-order valence-electron chi connectivity index (χ3n) is 4.89. The molecule has 0 fully saturated rings. The molecule has 0 unspecified atom stereocenters. The summed E-state index contributed by atoms with van der Waals surface area (Å²) in [5, 5.41) is 9.55. The minimum atomic E-state index is -0.536. The number of rotatable bonds is 7. The summed E-state index contributed by atoms with van der Waals surface area (Å²) in [5.74, 6) is 1.37. The van der Waals surface area contributed by atoms with Gasteiger partial charge in [-0.25, -0.2) is 4.79 Å². The first-order chi connectivity index (χ1) is 15.5. The lowest BCUT2D eigenvalue weighted by Gasteiger charge is -2.13. The number of nitrogens with one attached hydrogen (secondary N) is 2. The highest BCUT2D eigenvalue weighted by Crippen LogP contribution is 2.26. The summed E-state index contributed by atoms with van der Waals surface area (Å²) in [6, 6.07) is 17.7. The van der Waals surface area contributed by atoms with Crippen molar-refractivity contribution in [3.8, 4) is 5.69 Å². The molecule has 4 rings (SSSR count). The lowest BCUT2D eigenvalue weighted by atomic mass is 10.1. The van der Waals surface area contributed by atoms with E-state index >= 15 is 0 Å². The Morgan fingerprint density at radius 2 is 1.81 bits per heavy atom. The fourth-order valence-corrected chi connectivity index (χ4v) is 4.14. The molecule has 0 aliphatic heterocycles. The molecule has 2 aromatic heterocycles. The van der Waals surface area contributed by atoms with Gasteiger partial charge in [-0.1, -0.05) is 66.4 Å². The van der Waals surface area contributed by atoms with E-state index in [1.165, 1.54) is 6.07 Å². The lowest BCUT2D eigenvalue weighted by Crippen LogP contribution is -2.23. The second-order valence-corrected chi connectivity index (χ2v) is 8.43. The third kappa shape index (κ3) is 5.15. The average molecular weight is 446 g/mol. The lowest BCUT2D eigenvalue weighted by molar-refractivity contribution is 0.824. The molecule has 4 aromatic rings. The predicted molar refractivity (Wildman–Crippen MR) is 128 cm³/mol. The van der Waals surface area contributed by atoms with E-state index in [9.17, 15) is 9.59 Å². The molecule has 0 radical (unpaired) electrons. The van der Waals surface area contributed by atoms with E-state index in [-0.39, 0.29) is 6.42 Å². The van der Waals surface area contributed by atoms with Gasteiger partial charge in [-0.2, -0.15) is 0 Å². The zero-order valence-corrected chi connectivity index (χ0v) is 18.6. The SMILES string of the molecule is Cc1ccc(C)c(-n2c(Cc3cc(=O)[nH]c(=O)[nH]3)nnc2SC/C=C/c2ccccc2)c1. The number of hydrogen-bond donors (Lipinski definition) is 2. The van der Waals surface area contributed by atoms with E-state index in [1.807, 2.05) is 36.6 Å². The monoisotopic (exact) mass is 445 g/mol. The highest BCUT2D eigenvalue weighted by molar-refractivity contribution is 7.99. The Hall–Kier alpha value is -3.65. The zero-order valence-electron chi connectivity index (χ0n) is 17.8. The van der Waals surface area contributed by atoms with Crippen LogP contribution in [0.2, 0.25) is 0 Å². The van der Waals surface area contributed by atoms with Gasteiger partial charge in [-0.15, -0.1) is 10.2 Å². The van der Waals surface area contributed by atoms with Gasteiger partial charge in [0.05, 0.1) is 5.69 Å². The molecule has 0 saturated heterocycles. The van der Waals surface area contributed by atoms with Crippen LogP contribution in [0.15, 0.2) is 75.4 Å². The van der Waals surface area contributed by atoms with Crippen LogP contribution < -0.4 is 11.2 Å². The molecule has 0 aliphatic rings. The summed E-state index contributed by atoms with van der Waals surface area (Å²) in [4.78, 5) is 28.3. The molecule has 0 aliphatic carbocycles. The molecule has 8 heteroatoms. The number of aryl methyl sites for hydroxylation is 2. The van der Waals surface area contributed by atoms with Crippen molar-refractivity contribution in [1.82, 2.24) is 24.7 Å². The van der Waals surface area contributed by atoms with Crippen LogP contribution in [-0.4, -0.2) is 30.5 Å². The molecule has 0 saturated carbocycles. The average Bonchev–Trinajstić information content (AvgIpc) is 3.15. The molecule has 7 nitrogen and oxygen atoms in total. The Bertz CT molecular complexity index is 1340. The van der Waals surface area contributed by atoms with Crippen molar-refractivity contribution < 1.29 is 0 Å². The van der Waals surface area contributed by atoms with E-state index in [2.05, 4.69) is 62.6 Å². The molecule has 162 valence electrons. The fourth-order valence-electron chi connectivity index (χ4n) is 3.37. The van der Waals surface area contributed by atoms with Crippen molar-refractivity contribution in [2.45, 2.75) is 25.4 Å². The maximum Gasteiger partial charge on any atom is 0.325 e. The number of H-pyrrole nitrogens is 2. The summed E-state index contributed by atoms with van der Waals surface area (Å²) < 4.78 is 2.00. The minimum Gasteiger partial charge on any atom is -0.311 e. The quantitative estimate of drug-likeness (QED) is 0.423. The maximum absolute atomic E-state index is 11.7. The first-order valence-corrected chi connectivity index (χ1v) is 11.2. The molecular weight excluding hydrogens is 422 g/mol. The van der Waals surface area contributed by atoms with Gasteiger partial charge in [-0.05, 0) is 36.6 Å². The molecular formula is C24H23N5O2S. The number of aromatic amines is 2. The Kier molecular flexibility index (Phi) is 6.51. The van der Waals surface area contributed by atoms with Gasteiger partial charge in [0.2, 0.25) is 0 Å². The van der Waals surface area contributed by atoms with Gasteiger partial charge in [-0.3, -0.25) is 14.3 Å². The number of nitrogens with zero attached hydrogens (tertiary/aromatic N) is 3. The smallest absolute Gasteiger partial charge is 0.311 e. The summed E-state index contributed by atoms with van der Waals surface area (Å²) in [6.07, 6.45) is 4.45. The number of benzene rings is 2. The van der Waals surface area contributed by atoms with Crippen molar-refractivity contribution in [1.29, 1.82) is 0 Å². The largest absolute Gasteiger partial charge is 0.325 e. The summed E-state index contributed by atoms with van der Waals surface area (Å²) in [7, 11) is 0. The Labute approximate surface area is 189 Å². The van der Waals surface area contributed by atoms with E-state index in [1.54, 1.807) is 11.8 Å². The van der Waals surface area contributed by atoms with Gasteiger partial charge in [0.15, 0.2) is 5.16 Å². The van der Waals surface area contributed by atoms with Crippen LogP contribution in [-0.2, 0) is 6.42 Å². The second kappa shape index (κ2) is 9.65. The van der Waals surface area contributed by atoms with E-state index < -0.39 is 11.2 Å². The molecule has 0 atom stereocenters. The van der Waals surface area contributed by atoms with Gasteiger partial charge in [0.25, 0.3) is 5.56 Å². The van der Waals surface area contributed by atoms with E-state index in [4.69, 9.17) is 0 Å². The first kappa shape index (κ1) is 21.6. The highest BCUT2D eigenvalue weighted by atomic mass is 32.2. The number of aromatic nitrogens is 5. The zero-order chi connectivity index (χ0) is 22.5. The van der Waals surface area contributed by atoms with Crippen molar-refractivity contribution >= 4 is 17.8 Å². The van der Waals surface area contributed by atoms with E-state index in [0.717, 1.165) is 33.3 Å². The first-order valence-electron chi connectivity index (χ1n) is 10.2. The molecule has 2 N–H and O–H groups in total. The number of thioether (sulfide) groups is 1. The second-order valence-electron chi connectivity index (χ2n) is 7.44. The Morgan fingerprint density at radius 3 is 2.59 bits per heavy atom. The van der Waals surface area contributed by atoms with E-state index in [0.29, 0.717) is 11.5 Å². The standard InChI is InChI=1S/C24H23N5O2S/c1-16-10-11-17(2)20(13-16)29-21(14-19-15-22(30)26-23(31)25-19)27-28-24(29)32-12-6-9-18-7-4-3-5-8-18/h3-11,13,15H,12,14H2,1-2H3,(H2,25,26,30,31)/b9-6+. The van der Waals surface area contributed by atoms with Crippen molar-refractivity contribution in [2.24, 2.45) is 0 Å². The summed E-state index contributed by atoms with van der Waals surface area (Å²) >= 11 is 1.58. The maximum atomic E-state index is 11.7. The Morgan fingerprint density at radius 1 is 1.00 bits per heavy atom. The third-order valence-corrected chi connectivity index (χ3v) is 5.77. The van der Waals surface area contributed by atoms with Gasteiger partial charge in [0, 0.05) is 23.9 Å². The molecule has 0 spiro atoms. The van der Waals surface area contributed by atoms with Gasteiger partial charge >= 0.3 is 5.69 Å². The van der Waals surface area contributed by atoms with Crippen LogP contribution in [0, 0.1) is 13.8 Å².